The van der Waals surface area contributed by atoms with Gasteiger partial charge in [-0.25, -0.2) is 17.6 Å². The molecule has 0 radical (unpaired) electrons. The van der Waals surface area contributed by atoms with E-state index in [-0.39, 0.29) is 23.2 Å². The van der Waals surface area contributed by atoms with Gasteiger partial charge in [0.25, 0.3) is 0 Å². The maximum atomic E-state index is 13.2. The van der Waals surface area contributed by atoms with Crippen molar-refractivity contribution in [3.8, 4) is 0 Å². The van der Waals surface area contributed by atoms with Crippen LogP contribution in [-0.4, -0.2) is 42.3 Å². The minimum Gasteiger partial charge on any atom is -0.338 e. The Morgan fingerprint density at radius 3 is 2.96 bits per heavy atom. The highest BCUT2D eigenvalue weighted by Crippen LogP contribution is 2.17. The van der Waals surface area contributed by atoms with Crippen LogP contribution in [-0.2, 0) is 16.4 Å². The second-order valence-electron chi connectivity index (χ2n) is 6.16. The van der Waals surface area contributed by atoms with E-state index in [0.29, 0.717) is 25.2 Å². The molecule has 1 aliphatic rings. The van der Waals surface area contributed by atoms with Crippen molar-refractivity contribution in [1.82, 2.24) is 15.1 Å². The first-order chi connectivity index (χ1) is 11.9. The van der Waals surface area contributed by atoms with E-state index in [9.17, 15) is 17.6 Å². The van der Waals surface area contributed by atoms with Crippen LogP contribution in [0.5, 0.6) is 0 Å². The van der Waals surface area contributed by atoms with Crippen LogP contribution >= 0.6 is 0 Å². The molecule has 0 aliphatic carbocycles. The van der Waals surface area contributed by atoms with Gasteiger partial charge in [-0.2, -0.15) is 5.10 Å². The van der Waals surface area contributed by atoms with E-state index in [1.54, 1.807) is 23.0 Å². The van der Waals surface area contributed by atoms with E-state index < -0.39 is 15.9 Å². The molecule has 1 aliphatic heterocycles. The van der Waals surface area contributed by atoms with E-state index in [4.69, 9.17) is 0 Å². The number of nitrogens with one attached hydrogen (secondary N) is 2. The fourth-order valence-corrected chi connectivity index (χ4v) is 4.64. The molecule has 1 saturated heterocycles. The summed E-state index contributed by atoms with van der Waals surface area (Å²) >= 11 is 0. The number of halogens is 1. The molecule has 0 unspecified atom stereocenters. The van der Waals surface area contributed by atoms with Gasteiger partial charge in [-0.3, -0.25) is 4.68 Å². The topological polar surface area (TPSA) is 93.1 Å². The molecule has 2 aromatic rings. The van der Waals surface area contributed by atoms with Crippen molar-refractivity contribution in [3.63, 3.8) is 0 Å². The lowest BCUT2D eigenvalue weighted by molar-refractivity contribution is 0.250. The minimum atomic E-state index is -2.94. The first-order valence-corrected chi connectivity index (χ1v) is 9.74. The first-order valence-electron chi connectivity index (χ1n) is 7.92. The summed E-state index contributed by atoms with van der Waals surface area (Å²) in [6.45, 7) is 0.712. The van der Waals surface area contributed by atoms with Gasteiger partial charge in [0.2, 0.25) is 0 Å². The number of carbonyl (C=O) groups excluding carboxylic acids is 1. The standard InChI is InChI=1S/C16H19FN4O3S/c17-14-3-1-2-12(6-14)9-21-10-15(8-19-21)20-16(22)18-7-13-4-5-25(23,24)11-13/h1-3,6,8,10,13H,4-5,7,9,11H2,(H2,18,20,22)/t13-/m1/s1. The first kappa shape index (κ1) is 17.4. The lowest BCUT2D eigenvalue weighted by atomic mass is 10.1. The van der Waals surface area contributed by atoms with Gasteiger partial charge >= 0.3 is 6.03 Å². The maximum absolute atomic E-state index is 13.2. The molecule has 2 N–H and O–H groups in total. The Morgan fingerprint density at radius 1 is 1.40 bits per heavy atom. The highest BCUT2D eigenvalue weighted by Gasteiger charge is 2.27. The molecule has 2 amide bonds. The third kappa shape index (κ3) is 5.02. The van der Waals surface area contributed by atoms with Crippen LogP contribution in [0.1, 0.15) is 12.0 Å². The highest BCUT2D eigenvalue weighted by atomic mass is 32.2. The summed E-state index contributed by atoms with van der Waals surface area (Å²) < 4.78 is 37.5. The Balaban J connectivity index is 1.48. The van der Waals surface area contributed by atoms with Crippen molar-refractivity contribution < 1.29 is 17.6 Å². The molecule has 1 fully saturated rings. The molecule has 9 heteroatoms. The van der Waals surface area contributed by atoms with Crippen molar-refractivity contribution in [2.45, 2.75) is 13.0 Å². The number of sulfone groups is 1. The van der Waals surface area contributed by atoms with Crippen molar-refractivity contribution in [1.29, 1.82) is 0 Å². The Labute approximate surface area is 145 Å². The fourth-order valence-electron chi connectivity index (χ4n) is 2.78. The number of anilines is 1. The number of carbonyl (C=O) groups is 1. The number of urea groups is 1. The van der Waals surface area contributed by atoms with Crippen molar-refractivity contribution in [2.75, 3.05) is 23.4 Å². The highest BCUT2D eigenvalue weighted by molar-refractivity contribution is 7.91. The van der Waals surface area contributed by atoms with Crippen LogP contribution in [0.25, 0.3) is 0 Å². The molecule has 0 bridgehead atoms. The van der Waals surface area contributed by atoms with Crippen LogP contribution < -0.4 is 10.6 Å². The molecule has 3 rings (SSSR count). The largest absolute Gasteiger partial charge is 0.338 e. The normalized spacial score (nSPS) is 18.8. The van der Waals surface area contributed by atoms with Gasteiger partial charge in [-0.05, 0) is 30.0 Å². The molecule has 2 heterocycles. The Bertz CT molecular complexity index is 866. The van der Waals surface area contributed by atoms with Crippen LogP contribution in [0.3, 0.4) is 0 Å². The van der Waals surface area contributed by atoms with E-state index in [1.165, 1.54) is 18.3 Å². The predicted octanol–water partition coefficient (Wildman–Crippen LogP) is 1.63. The molecular formula is C16H19FN4O3S. The molecule has 134 valence electrons. The molecule has 0 spiro atoms. The van der Waals surface area contributed by atoms with Crippen LogP contribution in [0.2, 0.25) is 0 Å². The number of amides is 2. The third-order valence-corrected chi connectivity index (χ3v) is 5.84. The minimum absolute atomic E-state index is 0.0357. The monoisotopic (exact) mass is 366 g/mol. The number of benzene rings is 1. The van der Waals surface area contributed by atoms with Crippen LogP contribution in [0.4, 0.5) is 14.9 Å². The fraction of sp³-hybridized carbons (Fsp3) is 0.375. The zero-order valence-electron chi connectivity index (χ0n) is 13.5. The van der Waals surface area contributed by atoms with Gasteiger partial charge < -0.3 is 10.6 Å². The SMILES string of the molecule is O=C(NC[C@H]1CCS(=O)(=O)C1)Nc1cnn(Cc2cccc(F)c2)c1. The van der Waals surface area contributed by atoms with Gasteiger partial charge in [0.05, 0.1) is 29.9 Å². The van der Waals surface area contributed by atoms with Gasteiger partial charge in [0, 0.05) is 12.7 Å². The summed E-state index contributed by atoms with van der Waals surface area (Å²) in [4.78, 5) is 11.9. The second kappa shape index (κ2) is 7.22. The van der Waals surface area contributed by atoms with Crippen molar-refractivity contribution in [2.24, 2.45) is 5.92 Å². The smallest absolute Gasteiger partial charge is 0.319 e. The number of aromatic nitrogens is 2. The van der Waals surface area contributed by atoms with E-state index in [1.807, 2.05) is 0 Å². The van der Waals surface area contributed by atoms with Crippen molar-refractivity contribution in [3.05, 3.63) is 48.0 Å². The summed E-state index contributed by atoms with van der Waals surface area (Å²) in [5, 5.41) is 9.45. The summed E-state index contributed by atoms with van der Waals surface area (Å²) in [6.07, 6.45) is 3.72. The molecule has 1 aromatic heterocycles. The molecule has 0 saturated carbocycles. The molecule has 1 atom stereocenters. The molecule has 25 heavy (non-hydrogen) atoms. The zero-order chi connectivity index (χ0) is 17.9. The number of hydrogen-bond acceptors (Lipinski definition) is 4. The van der Waals surface area contributed by atoms with Gasteiger partial charge in [0.1, 0.15) is 5.82 Å². The number of hydrogen-bond donors (Lipinski definition) is 2. The van der Waals surface area contributed by atoms with E-state index in [0.717, 1.165) is 5.56 Å². The maximum Gasteiger partial charge on any atom is 0.319 e. The van der Waals surface area contributed by atoms with E-state index >= 15 is 0 Å². The number of rotatable bonds is 5. The van der Waals surface area contributed by atoms with Gasteiger partial charge in [0.15, 0.2) is 9.84 Å². The Kier molecular flexibility index (Phi) is 5.03. The average Bonchev–Trinajstić information content (AvgIpc) is 3.11. The van der Waals surface area contributed by atoms with Crippen molar-refractivity contribution >= 4 is 21.6 Å². The zero-order valence-corrected chi connectivity index (χ0v) is 14.3. The summed E-state index contributed by atoms with van der Waals surface area (Å²) in [7, 11) is -2.94. The summed E-state index contributed by atoms with van der Waals surface area (Å²) in [6, 6.07) is 5.82. The van der Waals surface area contributed by atoms with Gasteiger partial charge in [-0.1, -0.05) is 12.1 Å². The number of nitrogens with zero attached hydrogens (tertiary/aromatic N) is 2. The predicted molar refractivity (Wildman–Crippen MR) is 91.5 cm³/mol. The molecular weight excluding hydrogens is 347 g/mol. The lowest BCUT2D eigenvalue weighted by Crippen LogP contribution is -2.33. The molecule has 1 aromatic carbocycles. The summed E-state index contributed by atoms with van der Waals surface area (Å²) in [5.74, 6) is -0.0325. The van der Waals surface area contributed by atoms with E-state index in [2.05, 4.69) is 15.7 Å². The third-order valence-electron chi connectivity index (χ3n) is 4.00. The Morgan fingerprint density at radius 2 is 2.24 bits per heavy atom. The average molecular weight is 366 g/mol. The molecule has 7 nitrogen and oxygen atoms in total. The summed E-state index contributed by atoms with van der Waals surface area (Å²) in [5.41, 5.74) is 1.27. The van der Waals surface area contributed by atoms with Gasteiger partial charge in [-0.15, -0.1) is 0 Å². The van der Waals surface area contributed by atoms with Crippen LogP contribution in [0, 0.1) is 11.7 Å². The lowest BCUT2D eigenvalue weighted by Gasteiger charge is -2.09. The second-order valence-corrected chi connectivity index (χ2v) is 8.39. The quantitative estimate of drug-likeness (QED) is 0.841. The Hall–Kier alpha value is -2.42. The van der Waals surface area contributed by atoms with Crippen LogP contribution in [0.15, 0.2) is 36.7 Å².